The van der Waals surface area contributed by atoms with Crippen molar-refractivity contribution >= 4 is 18.0 Å². The van der Waals surface area contributed by atoms with Crippen molar-refractivity contribution in [2.45, 2.75) is 12.3 Å². The molecular formula is C14H17ClF2N2O2. The van der Waals surface area contributed by atoms with Gasteiger partial charge < -0.3 is 15.2 Å². The Balaban J connectivity index is 0.00000161. The summed E-state index contributed by atoms with van der Waals surface area (Å²) in [4.78, 5) is 0. The van der Waals surface area contributed by atoms with Gasteiger partial charge in [-0.1, -0.05) is 6.08 Å². The fourth-order valence-electron chi connectivity index (χ4n) is 2.58. The van der Waals surface area contributed by atoms with Crippen molar-refractivity contribution in [3.05, 3.63) is 41.0 Å². The predicted octanol–water partition coefficient (Wildman–Crippen LogP) is 1.49. The lowest BCUT2D eigenvalue weighted by atomic mass is 9.97. The second kappa shape index (κ2) is 6.37. The van der Waals surface area contributed by atoms with Crippen molar-refractivity contribution in [2.75, 3.05) is 26.2 Å². The highest BCUT2D eigenvalue weighted by atomic mass is 35.5. The second-order valence-corrected chi connectivity index (χ2v) is 4.92. The van der Waals surface area contributed by atoms with Crippen LogP contribution in [-0.2, 0) is 10.6 Å². The summed E-state index contributed by atoms with van der Waals surface area (Å²) in [5, 5.41) is 15.9. The van der Waals surface area contributed by atoms with Gasteiger partial charge in [-0.25, -0.2) is 8.78 Å². The third-order valence-electron chi connectivity index (χ3n) is 3.60. The van der Waals surface area contributed by atoms with Crippen LogP contribution in [0.3, 0.4) is 0 Å². The molecule has 0 spiro atoms. The Bertz CT molecular complexity index is 537. The van der Waals surface area contributed by atoms with Gasteiger partial charge in [-0.2, -0.15) is 0 Å². The Hall–Kier alpha value is -1.05. The van der Waals surface area contributed by atoms with Crippen LogP contribution in [0.25, 0.3) is 5.57 Å². The maximum Gasteiger partial charge on any atom is 0.253 e. The van der Waals surface area contributed by atoms with Crippen molar-refractivity contribution in [3.63, 3.8) is 0 Å². The summed E-state index contributed by atoms with van der Waals surface area (Å²) in [5.74, 6) is -3.17. The van der Waals surface area contributed by atoms with Gasteiger partial charge in [0.2, 0.25) is 0 Å². The maximum atomic E-state index is 14.2. The van der Waals surface area contributed by atoms with Crippen LogP contribution in [-0.4, -0.2) is 31.3 Å². The fourth-order valence-corrected chi connectivity index (χ4v) is 2.58. The summed E-state index contributed by atoms with van der Waals surface area (Å²) in [5.41, 5.74) is 0.678. The summed E-state index contributed by atoms with van der Waals surface area (Å²) >= 11 is 0. The van der Waals surface area contributed by atoms with Crippen molar-refractivity contribution in [3.8, 4) is 0 Å². The summed E-state index contributed by atoms with van der Waals surface area (Å²) in [6.45, 7) is 2.02. The minimum absolute atomic E-state index is 0. The largest absolute Gasteiger partial charge is 0.350 e. The number of rotatable bonds is 2. The van der Waals surface area contributed by atoms with E-state index in [0.717, 1.165) is 12.1 Å². The van der Waals surface area contributed by atoms with Crippen LogP contribution >= 0.6 is 12.4 Å². The molecule has 1 atom stereocenters. The first kappa shape index (κ1) is 16.3. The molecule has 116 valence electrons. The SMILES string of the molecule is Cl.OC1(c2cc(F)c(C3=CCNCC3)c(F)c2)NCCO1. The average Bonchev–Trinajstić information content (AvgIpc) is 2.87. The van der Waals surface area contributed by atoms with Crippen LogP contribution in [0.5, 0.6) is 0 Å². The molecule has 2 aliphatic rings. The lowest BCUT2D eigenvalue weighted by Gasteiger charge is -2.23. The lowest BCUT2D eigenvalue weighted by Crippen LogP contribution is -2.38. The van der Waals surface area contributed by atoms with E-state index < -0.39 is 17.5 Å². The van der Waals surface area contributed by atoms with Gasteiger partial charge in [-0.15, -0.1) is 12.4 Å². The number of aliphatic hydroxyl groups is 1. The standard InChI is InChI=1S/C14H16F2N2O2.ClH/c15-11-7-10(14(19)18-5-6-20-14)8-12(16)13(11)9-1-3-17-4-2-9;/h1,7-8,17-19H,2-6H2;1H. The molecule has 3 N–H and O–H groups in total. The smallest absolute Gasteiger partial charge is 0.253 e. The van der Waals surface area contributed by atoms with Gasteiger partial charge in [0, 0.05) is 24.2 Å². The zero-order chi connectivity index (χ0) is 14.2. The Morgan fingerprint density at radius 1 is 1.19 bits per heavy atom. The van der Waals surface area contributed by atoms with Crippen molar-refractivity contribution in [1.82, 2.24) is 10.6 Å². The first-order chi connectivity index (χ1) is 9.60. The number of ether oxygens (including phenoxy) is 1. The molecule has 1 saturated heterocycles. The number of nitrogens with one attached hydrogen (secondary N) is 2. The van der Waals surface area contributed by atoms with Gasteiger partial charge in [0.15, 0.2) is 0 Å². The minimum atomic E-state index is -1.80. The summed E-state index contributed by atoms with van der Waals surface area (Å²) < 4.78 is 33.6. The quantitative estimate of drug-likeness (QED) is 0.773. The van der Waals surface area contributed by atoms with Crippen LogP contribution in [0, 0.1) is 11.6 Å². The van der Waals surface area contributed by atoms with E-state index in [0.29, 0.717) is 31.6 Å². The van der Waals surface area contributed by atoms with Crippen LogP contribution in [0.4, 0.5) is 8.78 Å². The molecule has 0 amide bonds. The molecule has 21 heavy (non-hydrogen) atoms. The molecule has 1 unspecified atom stereocenters. The highest BCUT2D eigenvalue weighted by Crippen LogP contribution is 2.31. The molecule has 1 aromatic carbocycles. The molecule has 0 saturated carbocycles. The van der Waals surface area contributed by atoms with Gasteiger partial charge in [0.05, 0.1) is 6.61 Å². The predicted molar refractivity (Wildman–Crippen MR) is 76.9 cm³/mol. The third-order valence-corrected chi connectivity index (χ3v) is 3.60. The van der Waals surface area contributed by atoms with Gasteiger partial charge in [-0.3, -0.25) is 5.32 Å². The molecule has 4 nitrogen and oxygen atoms in total. The van der Waals surface area contributed by atoms with E-state index in [1.807, 2.05) is 0 Å². The molecule has 1 aromatic rings. The Labute approximate surface area is 127 Å². The van der Waals surface area contributed by atoms with Crippen LogP contribution in [0.1, 0.15) is 17.5 Å². The van der Waals surface area contributed by atoms with Crippen molar-refractivity contribution < 1.29 is 18.6 Å². The average molecular weight is 319 g/mol. The van der Waals surface area contributed by atoms with Crippen LogP contribution < -0.4 is 10.6 Å². The molecule has 7 heteroatoms. The molecule has 3 rings (SSSR count). The van der Waals surface area contributed by atoms with Crippen molar-refractivity contribution in [1.29, 1.82) is 0 Å². The highest BCUT2D eigenvalue weighted by molar-refractivity contribution is 5.85. The fraction of sp³-hybridized carbons (Fsp3) is 0.429. The van der Waals surface area contributed by atoms with E-state index in [9.17, 15) is 13.9 Å². The number of halogens is 3. The topological polar surface area (TPSA) is 53.5 Å². The third kappa shape index (κ3) is 3.09. The minimum Gasteiger partial charge on any atom is -0.350 e. The molecule has 0 aliphatic carbocycles. The first-order valence-corrected chi connectivity index (χ1v) is 6.61. The zero-order valence-corrected chi connectivity index (χ0v) is 12.1. The number of hydrogen-bond acceptors (Lipinski definition) is 4. The first-order valence-electron chi connectivity index (χ1n) is 6.61. The molecule has 0 aromatic heterocycles. The van der Waals surface area contributed by atoms with Gasteiger partial charge in [0.25, 0.3) is 5.91 Å². The van der Waals surface area contributed by atoms with Gasteiger partial charge in [0.1, 0.15) is 11.6 Å². The molecule has 2 heterocycles. The maximum absolute atomic E-state index is 14.2. The number of benzene rings is 1. The van der Waals surface area contributed by atoms with E-state index >= 15 is 0 Å². The normalized spacial score (nSPS) is 25.4. The molecule has 0 bridgehead atoms. The zero-order valence-electron chi connectivity index (χ0n) is 11.3. The molecule has 2 aliphatic heterocycles. The summed E-state index contributed by atoms with van der Waals surface area (Å²) in [6, 6.07) is 2.25. The van der Waals surface area contributed by atoms with E-state index in [2.05, 4.69) is 10.6 Å². The van der Waals surface area contributed by atoms with Crippen LogP contribution in [0.15, 0.2) is 18.2 Å². The van der Waals surface area contributed by atoms with Crippen LogP contribution in [0.2, 0.25) is 0 Å². The van der Waals surface area contributed by atoms with Gasteiger partial charge in [-0.05, 0) is 30.7 Å². The number of hydrogen-bond donors (Lipinski definition) is 3. The summed E-state index contributed by atoms with van der Waals surface area (Å²) in [7, 11) is 0. The highest BCUT2D eigenvalue weighted by Gasteiger charge is 2.35. The monoisotopic (exact) mass is 318 g/mol. The Morgan fingerprint density at radius 2 is 1.90 bits per heavy atom. The van der Waals surface area contributed by atoms with E-state index in [-0.39, 0.29) is 30.1 Å². The van der Waals surface area contributed by atoms with E-state index in [4.69, 9.17) is 4.74 Å². The van der Waals surface area contributed by atoms with Gasteiger partial charge >= 0.3 is 0 Å². The van der Waals surface area contributed by atoms with E-state index in [1.165, 1.54) is 0 Å². The Kier molecular flexibility index (Phi) is 4.95. The molecule has 1 fully saturated rings. The molecule has 0 radical (unpaired) electrons. The summed E-state index contributed by atoms with van der Waals surface area (Å²) in [6.07, 6.45) is 2.36. The van der Waals surface area contributed by atoms with Crippen molar-refractivity contribution in [2.24, 2.45) is 0 Å². The molecular weight excluding hydrogens is 302 g/mol. The van der Waals surface area contributed by atoms with E-state index in [1.54, 1.807) is 6.08 Å². The Morgan fingerprint density at radius 3 is 2.43 bits per heavy atom. The second-order valence-electron chi connectivity index (χ2n) is 4.92. The lowest BCUT2D eigenvalue weighted by molar-refractivity contribution is -0.194.